The van der Waals surface area contributed by atoms with Gasteiger partial charge in [-0.3, -0.25) is 9.78 Å². The number of halogens is 1. The molecule has 0 saturated carbocycles. The monoisotopic (exact) mass is 458 g/mol. The maximum Gasteiger partial charge on any atom is 0.300 e. The third kappa shape index (κ3) is 4.50. The molecule has 32 heavy (non-hydrogen) atoms. The lowest BCUT2D eigenvalue weighted by molar-refractivity contribution is -0.111. The predicted molar refractivity (Wildman–Crippen MR) is 128 cm³/mol. The Balaban J connectivity index is 1.80. The van der Waals surface area contributed by atoms with Gasteiger partial charge in [0.25, 0.3) is 5.91 Å². The molecule has 0 atom stereocenters. The Bertz CT molecular complexity index is 1420. The fraction of sp³-hybridized carbons (Fsp3) is 0.0417. The van der Waals surface area contributed by atoms with E-state index in [1.807, 2.05) is 22.9 Å². The number of thiophene rings is 1. The van der Waals surface area contributed by atoms with Crippen LogP contribution in [0.5, 0.6) is 11.5 Å². The molecule has 6 nitrogen and oxygen atoms in total. The molecule has 0 unspecified atom stereocenters. The zero-order valence-electron chi connectivity index (χ0n) is 16.8. The van der Waals surface area contributed by atoms with Gasteiger partial charge >= 0.3 is 0 Å². The van der Waals surface area contributed by atoms with Crippen molar-refractivity contribution in [1.82, 2.24) is 4.98 Å². The van der Waals surface area contributed by atoms with Crippen LogP contribution in [0.1, 0.15) is 12.5 Å². The summed E-state index contributed by atoms with van der Waals surface area (Å²) in [5, 5.41) is 20.5. The van der Waals surface area contributed by atoms with Crippen molar-refractivity contribution in [1.29, 1.82) is 5.26 Å². The summed E-state index contributed by atoms with van der Waals surface area (Å²) in [7, 11) is 0. The summed E-state index contributed by atoms with van der Waals surface area (Å²) in [6, 6.07) is 14.6. The van der Waals surface area contributed by atoms with E-state index in [-0.39, 0.29) is 0 Å². The Hall–Kier alpha value is -4.04. The molecule has 0 aliphatic rings. The Labute approximate surface area is 193 Å². The van der Waals surface area contributed by atoms with Gasteiger partial charge < -0.3 is 15.4 Å². The summed E-state index contributed by atoms with van der Waals surface area (Å²) in [6.07, 6.45) is 1.50. The van der Waals surface area contributed by atoms with E-state index in [1.54, 1.807) is 37.3 Å². The summed E-state index contributed by atoms with van der Waals surface area (Å²) in [5.41, 5.74) is 2.61. The van der Waals surface area contributed by atoms with E-state index in [0.717, 1.165) is 0 Å². The van der Waals surface area contributed by atoms with Gasteiger partial charge in [0.2, 0.25) is 0 Å². The van der Waals surface area contributed by atoms with Crippen LogP contribution in [0.25, 0.3) is 10.9 Å². The molecule has 0 aliphatic heterocycles. The highest BCUT2D eigenvalue weighted by molar-refractivity contribution is 7.08. The molecule has 0 radical (unpaired) electrons. The SMILES string of the molecule is CC#CC(=O)Nc1ccc2ncc(C#N)c(Nc3cccc(Cl)c3Oc3ccsc3)c2c1. The second-order valence-corrected chi connectivity index (χ2v) is 7.71. The summed E-state index contributed by atoms with van der Waals surface area (Å²) >= 11 is 7.93. The Morgan fingerprint density at radius 3 is 2.88 bits per heavy atom. The lowest BCUT2D eigenvalue weighted by Crippen LogP contribution is -2.08. The van der Waals surface area contributed by atoms with Crippen molar-refractivity contribution in [2.75, 3.05) is 10.6 Å². The van der Waals surface area contributed by atoms with E-state index < -0.39 is 5.91 Å². The molecule has 156 valence electrons. The van der Waals surface area contributed by atoms with Gasteiger partial charge in [0.15, 0.2) is 5.75 Å². The van der Waals surface area contributed by atoms with Crippen LogP contribution in [0.3, 0.4) is 0 Å². The van der Waals surface area contributed by atoms with Crippen molar-refractivity contribution in [3.05, 3.63) is 70.0 Å². The average molecular weight is 459 g/mol. The first-order valence-corrected chi connectivity index (χ1v) is 10.7. The van der Waals surface area contributed by atoms with Crippen molar-refractivity contribution >= 4 is 56.8 Å². The van der Waals surface area contributed by atoms with Gasteiger partial charge in [0.05, 0.1) is 27.5 Å². The number of pyridine rings is 1. The van der Waals surface area contributed by atoms with Crippen LogP contribution in [0.2, 0.25) is 5.02 Å². The first-order valence-electron chi connectivity index (χ1n) is 9.41. The van der Waals surface area contributed by atoms with Gasteiger partial charge in [-0.1, -0.05) is 23.6 Å². The van der Waals surface area contributed by atoms with Gasteiger partial charge in [0.1, 0.15) is 11.8 Å². The predicted octanol–water partition coefficient (Wildman–Crippen LogP) is 6.32. The lowest BCUT2D eigenvalue weighted by Gasteiger charge is -2.16. The molecule has 2 aromatic heterocycles. The molecule has 8 heteroatoms. The van der Waals surface area contributed by atoms with Gasteiger partial charge in [0, 0.05) is 22.7 Å². The smallest absolute Gasteiger partial charge is 0.300 e. The number of nitriles is 1. The minimum atomic E-state index is -0.424. The standard InChI is InChI=1S/C24H15ClN4O2S/c1-2-4-22(30)28-16-7-8-20-18(11-16)23(15(12-26)13-27-20)29-21-6-3-5-19(25)24(21)31-17-9-10-32-14-17/h3,5-11,13-14H,1H3,(H,27,29)(H,28,30). The molecule has 4 rings (SSSR count). The van der Waals surface area contributed by atoms with Crippen LogP contribution >= 0.6 is 22.9 Å². The lowest BCUT2D eigenvalue weighted by atomic mass is 10.1. The van der Waals surface area contributed by atoms with E-state index in [2.05, 4.69) is 33.5 Å². The Kier molecular flexibility index (Phi) is 6.23. The molecule has 0 saturated heterocycles. The fourth-order valence-corrected chi connectivity index (χ4v) is 3.80. The van der Waals surface area contributed by atoms with Gasteiger partial charge in [-0.2, -0.15) is 5.26 Å². The molecule has 2 heterocycles. The number of nitrogens with one attached hydrogen (secondary N) is 2. The second kappa shape index (κ2) is 9.40. The first-order chi connectivity index (χ1) is 15.6. The number of hydrogen-bond donors (Lipinski definition) is 2. The minimum Gasteiger partial charge on any atom is -0.453 e. The fourth-order valence-electron chi connectivity index (χ4n) is 3.04. The number of ether oxygens (including phenoxy) is 1. The van der Waals surface area contributed by atoms with Crippen LogP contribution in [0.15, 0.2) is 59.4 Å². The highest BCUT2D eigenvalue weighted by atomic mass is 35.5. The number of carbonyl (C=O) groups is 1. The number of rotatable bonds is 5. The summed E-state index contributed by atoms with van der Waals surface area (Å²) < 4.78 is 5.99. The zero-order chi connectivity index (χ0) is 22.5. The van der Waals surface area contributed by atoms with Crippen LogP contribution in [-0.2, 0) is 4.79 Å². The van der Waals surface area contributed by atoms with Crippen molar-refractivity contribution in [3.63, 3.8) is 0 Å². The first kappa shape index (κ1) is 21.2. The van der Waals surface area contributed by atoms with Gasteiger partial charge in [-0.25, -0.2) is 0 Å². The maximum atomic E-state index is 11.9. The molecule has 0 spiro atoms. The zero-order valence-corrected chi connectivity index (χ0v) is 18.3. The van der Waals surface area contributed by atoms with Crippen LogP contribution < -0.4 is 15.4 Å². The van der Waals surface area contributed by atoms with Crippen LogP contribution in [0.4, 0.5) is 17.1 Å². The van der Waals surface area contributed by atoms with Crippen LogP contribution in [0, 0.1) is 23.2 Å². The number of nitrogens with zero attached hydrogens (tertiary/aromatic N) is 2. The number of carbonyl (C=O) groups excluding carboxylic acids is 1. The average Bonchev–Trinajstić information content (AvgIpc) is 3.30. The highest BCUT2D eigenvalue weighted by Gasteiger charge is 2.15. The molecule has 2 N–H and O–H groups in total. The Morgan fingerprint density at radius 2 is 2.12 bits per heavy atom. The van der Waals surface area contributed by atoms with E-state index in [1.165, 1.54) is 17.5 Å². The Morgan fingerprint density at radius 1 is 1.25 bits per heavy atom. The van der Waals surface area contributed by atoms with E-state index in [0.29, 0.717) is 50.1 Å². The number of anilines is 3. The molecule has 0 aliphatic carbocycles. The third-order valence-corrected chi connectivity index (χ3v) is 5.39. The number of benzene rings is 2. The number of para-hydroxylation sites is 1. The number of aromatic nitrogens is 1. The molecule has 4 aromatic rings. The summed E-state index contributed by atoms with van der Waals surface area (Å²) in [5.74, 6) is 5.67. The largest absolute Gasteiger partial charge is 0.453 e. The van der Waals surface area contributed by atoms with Gasteiger partial charge in [-0.05, 0) is 54.6 Å². The number of fused-ring (bicyclic) bond motifs is 1. The van der Waals surface area contributed by atoms with Crippen LogP contribution in [-0.4, -0.2) is 10.9 Å². The molecular formula is C24H15ClN4O2S. The maximum absolute atomic E-state index is 11.9. The molecule has 0 fully saturated rings. The summed E-state index contributed by atoms with van der Waals surface area (Å²) in [4.78, 5) is 16.2. The topological polar surface area (TPSA) is 87.0 Å². The van der Waals surface area contributed by atoms with Gasteiger partial charge in [-0.15, -0.1) is 11.3 Å². The van der Waals surface area contributed by atoms with E-state index in [9.17, 15) is 10.1 Å². The summed E-state index contributed by atoms with van der Waals surface area (Å²) in [6.45, 7) is 1.59. The molecule has 2 aromatic carbocycles. The van der Waals surface area contributed by atoms with E-state index >= 15 is 0 Å². The van der Waals surface area contributed by atoms with Crippen molar-refractivity contribution < 1.29 is 9.53 Å². The second-order valence-electron chi connectivity index (χ2n) is 6.52. The third-order valence-electron chi connectivity index (χ3n) is 4.43. The number of hydrogen-bond acceptors (Lipinski definition) is 6. The minimum absolute atomic E-state index is 0.329. The van der Waals surface area contributed by atoms with E-state index in [4.69, 9.17) is 16.3 Å². The number of amides is 1. The quantitative estimate of drug-likeness (QED) is 0.342. The molecular weight excluding hydrogens is 444 g/mol. The van der Waals surface area contributed by atoms with Crippen molar-refractivity contribution in [2.45, 2.75) is 6.92 Å². The normalized spacial score (nSPS) is 10.0. The highest BCUT2D eigenvalue weighted by Crippen LogP contribution is 2.40. The molecule has 0 bridgehead atoms. The van der Waals surface area contributed by atoms with Crippen molar-refractivity contribution in [2.24, 2.45) is 0 Å². The molecule has 1 amide bonds. The van der Waals surface area contributed by atoms with Crippen molar-refractivity contribution in [3.8, 4) is 29.4 Å².